The number of nitrogens with zero attached hydrogens (tertiary/aromatic N) is 6. The average molecular weight is 402 g/mol. The molecule has 1 amide bonds. The molecule has 0 saturated carbocycles. The zero-order valence-electron chi connectivity index (χ0n) is 17.5. The SMILES string of the molecule is CCC(=O)N(c1ccccc1)C1(OC)CCN(CCn2nnn(CC)c2=O)CC1. The molecule has 0 atom stereocenters. The number of anilines is 1. The van der Waals surface area contributed by atoms with Crippen LogP contribution in [0.2, 0.25) is 0 Å². The van der Waals surface area contributed by atoms with Crippen molar-refractivity contribution in [3.05, 3.63) is 40.8 Å². The molecule has 29 heavy (non-hydrogen) atoms. The molecule has 0 N–H and O–H groups in total. The molecule has 0 spiro atoms. The molecule has 0 aliphatic carbocycles. The summed E-state index contributed by atoms with van der Waals surface area (Å²) in [5.41, 5.74) is 0.0181. The van der Waals surface area contributed by atoms with Gasteiger partial charge in [0.25, 0.3) is 0 Å². The molecule has 2 aromatic rings. The largest absolute Gasteiger partial charge is 0.363 e. The first-order valence-corrected chi connectivity index (χ1v) is 10.2. The minimum atomic E-state index is -0.660. The number of hydrogen-bond acceptors (Lipinski definition) is 6. The van der Waals surface area contributed by atoms with Crippen molar-refractivity contribution >= 4 is 11.6 Å². The van der Waals surface area contributed by atoms with Crippen LogP contribution in [0.3, 0.4) is 0 Å². The van der Waals surface area contributed by atoms with Crippen molar-refractivity contribution in [2.45, 2.75) is 51.9 Å². The Balaban J connectivity index is 1.69. The van der Waals surface area contributed by atoms with Crippen molar-refractivity contribution in [1.29, 1.82) is 0 Å². The van der Waals surface area contributed by atoms with Crippen molar-refractivity contribution in [3.8, 4) is 0 Å². The lowest BCUT2D eigenvalue weighted by molar-refractivity contribution is -0.128. The zero-order valence-corrected chi connectivity index (χ0v) is 17.5. The van der Waals surface area contributed by atoms with Crippen LogP contribution < -0.4 is 10.6 Å². The highest BCUT2D eigenvalue weighted by Gasteiger charge is 2.43. The number of aromatic nitrogens is 4. The molecule has 1 aromatic heterocycles. The van der Waals surface area contributed by atoms with E-state index in [1.807, 2.05) is 49.1 Å². The van der Waals surface area contributed by atoms with Gasteiger partial charge in [0.15, 0.2) is 0 Å². The fourth-order valence-corrected chi connectivity index (χ4v) is 3.87. The van der Waals surface area contributed by atoms with Gasteiger partial charge < -0.3 is 9.64 Å². The maximum Gasteiger partial charge on any atom is 0.363 e. The standard InChI is InChI=1S/C20H30N6O3/c1-4-18(27)26(17-9-7-6-8-10-17)20(29-3)11-13-23(14-12-20)15-16-25-19(28)24(5-2)21-22-25/h6-10H,4-5,11-16H2,1-3H3. The van der Waals surface area contributed by atoms with Crippen molar-refractivity contribution in [2.75, 3.05) is 31.6 Å². The van der Waals surface area contributed by atoms with Crippen molar-refractivity contribution in [1.82, 2.24) is 24.7 Å². The van der Waals surface area contributed by atoms with Gasteiger partial charge in [-0.1, -0.05) is 25.1 Å². The molecule has 3 rings (SSSR count). The van der Waals surface area contributed by atoms with Gasteiger partial charge in [0.1, 0.15) is 5.72 Å². The van der Waals surface area contributed by atoms with Crippen molar-refractivity contribution < 1.29 is 9.53 Å². The predicted octanol–water partition coefficient (Wildman–Crippen LogP) is 1.34. The highest BCUT2D eigenvalue weighted by molar-refractivity contribution is 5.94. The third-order valence-electron chi connectivity index (χ3n) is 5.62. The fraction of sp³-hybridized carbons (Fsp3) is 0.600. The topological polar surface area (TPSA) is 85.5 Å². The monoisotopic (exact) mass is 402 g/mol. The van der Waals surface area contributed by atoms with E-state index in [0.29, 0.717) is 38.9 Å². The molecule has 1 saturated heterocycles. The maximum atomic E-state index is 12.8. The number of carbonyl (C=O) groups excluding carboxylic acids is 1. The van der Waals surface area contributed by atoms with Gasteiger partial charge in [0.2, 0.25) is 5.91 Å². The van der Waals surface area contributed by atoms with Crippen LogP contribution in [0.15, 0.2) is 35.1 Å². The lowest BCUT2D eigenvalue weighted by Crippen LogP contribution is -2.59. The van der Waals surface area contributed by atoms with Gasteiger partial charge in [-0.25, -0.2) is 4.79 Å². The van der Waals surface area contributed by atoms with Crippen LogP contribution in [0.1, 0.15) is 33.1 Å². The van der Waals surface area contributed by atoms with Gasteiger partial charge in [-0.05, 0) is 29.5 Å². The van der Waals surface area contributed by atoms with E-state index >= 15 is 0 Å². The van der Waals surface area contributed by atoms with Gasteiger partial charge >= 0.3 is 5.69 Å². The molecule has 158 valence electrons. The molecule has 1 aliphatic heterocycles. The number of amides is 1. The molecule has 9 nitrogen and oxygen atoms in total. The predicted molar refractivity (Wildman–Crippen MR) is 110 cm³/mol. The van der Waals surface area contributed by atoms with Crippen LogP contribution in [0.4, 0.5) is 5.69 Å². The van der Waals surface area contributed by atoms with Crippen molar-refractivity contribution in [3.63, 3.8) is 0 Å². The highest BCUT2D eigenvalue weighted by atomic mass is 16.5. The summed E-state index contributed by atoms with van der Waals surface area (Å²) in [7, 11) is 1.68. The van der Waals surface area contributed by atoms with E-state index < -0.39 is 5.72 Å². The quantitative estimate of drug-likeness (QED) is 0.620. The van der Waals surface area contributed by atoms with Crippen LogP contribution in [-0.2, 0) is 22.6 Å². The molecular formula is C20H30N6O3. The van der Waals surface area contributed by atoms with E-state index in [4.69, 9.17) is 4.74 Å². The third kappa shape index (κ3) is 4.40. The van der Waals surface area contributed by atoms with E-state index in [2.05, 4.69) is 15.3 Å². The Kier molecular flexibility index (Phi) is 6.81. The minimum Gasteiger partial charge on any atom is -0.358 e. The summed E-state index contributed by atoms with van der Waals surface area (Å²) in [6, 6.07) is 9.71. The number of rotatable bonds is 8. The van der Waals surface area contributed by atoms with Gasteiger partial charge in [-0.15, -0.1) is 0 Å². The van der Waals surface area contributed by atoms with Gasteiger partial charge in [-0.3, -0.25) is 9.69 Å². The summed E-state index contributed by atoms with van der Waals surface area (Å²) in [5, 5.41) is 7.79. The molecule has 2 heterocycles. The Labute approximate surface area is 170 Å². The summed E-state index contributed by atoms with van der Waals surface area (Å²) in [6.07, 6.45) is 1.81. The number of carbonyl (C=O) groups is 1. The number of piperidine rings is 1. The van der Waals surface area contributed by atoms with Crippen LogP contribution in [0, 0.1) is 0 Å². The third-order valence-corrected chi connectivity index (χ3v) is 5.62. The number of para-hydroxylation sites is 1. The zero-order chi connectivity index (χ0) is 20.9. The number of methoxy groups -OCH3 is 1. The molecule has 9 heteroatoms. The van der Waals surface area contributed by atoms with E-state index in [0.717, 1.165) is 18.8 Å². The van der Waals surface area contributed by atoms with Gasteiger partial charge in [0.05, 0.1) is 6.54 Å². The summed E-state index contributed by atoms with van der Waals surface area (Å²) in [5.74, 6) is 0.0502. The lowest BCUT2D eigenvalue weighted by atomic mass is 9.96. The van der Waals surface area contributed by atoms with E-state index in [9.17, 15) is 9.59 Å². The molecule has 1 fully saturated rings. The second kappa shape index (κ2) is 9.32. The van der Waals surface area contributed by atoms with Gasteiger partial charge in [-0.2, -0.15) is 9.36 Å². The number of hydrogen-bond donors (Lipinski definition) is 0. The molecule has 1 aromatic carbocycles. The minimum absolute atomic E-state index is 0.0502. The molecule has 0 radical (unpaired) electrons. The summed E-state index contributed by atoms with van der Waals surface area (Å²) < 4.78 is 8.71. The first-order valence-electron chi connectivity index (χ1n) is 10.2. The van der Waals surface area contributed by atoms with E-state index in [1.165, 1.54) is 9.36 Å². The highest BCUT2D eigenvalue weighted by Crippen LogP contribution is 2.34. The molecule has 0 bridgehead atoms. The van der Waals surface area contributed by atoms with Crippen LogP contribution in [-0.4, -0.2) is 63.1 Å². The van der Waals surface area contributed by atoms with Crippen LogP contribution >= 0.6 is 0 Å². The molecule has 0 unspecified atom stereocenters. The Morgan fingerprint density at radius 3 is 2.31 bits per heavy atom. The second-order valence-corrected chi connectivity index (χ2v) is 7.21. The summed E-state index contributed by atoms with van der Waals surface area (Å²) in [4.78, 5) is 29.0. The number of likely N-dealkylation sites (tertiary alicyclic amines) is 1. The second-order valence-electron chi connectivity index (χ2n) is 7.21. The van der Waals surface area contributed by atoms with Crippen LogP contribution in [0.25, 0.3) is 0 Å². The molecular weight excluding hydrogens is 372 g/mol. The Morgan fingerprint density at radius 2 is 1.76 bits per heavy atom. The average Bonchev–Trinajstić information content (AvgIpc) is 3.13. The number of benzene rings is 1. The number of aryl methyl sites for hydroxylation is 1. The van der Waals surface area contributed by atoms with E-state index in [1.54, 1.807) is 7.11 Å². The Hall–Kier alpha value is -2.52. The fourth-order valence-electron chi connectivity index (χ4n) is 3.87. The number of tetrazole rings is 1. The maximum absolute atomic E-state index is 12.8. The Bertz CT molecular complexity index is 855. The normalized spacial score (nSPS) is 16.7. The summed E-state index contributed by atoms with van der Waals surface area (Å²) in [6.45, 7) is 6.99. The first-order chi connectivity index (χ1) is 14.0. The van der Waals surface area contributed by atoms with E-state index in [-0.39, 0.29) is 11.6 Å². The first kappa shape index (κ1) is 21.2. The summed E-state index contributed by atoms with van der Waals surface area (Å²) >= 11 is 0. The Morgan fingerprint density at radius 1 is 1.10 bits per heavy atom. The van der Waals surface area contributed by atoms with Gasteiger partial charge in [0, 0.05) is 58.2 Å². The van der Waals surface area contributed by atoms with Crippen molar-refractivity contribution in [2.24, 2.45) is 0 Å². The molecule has 1 aliphatic rings. The number of ether oxygens (including phenoxy) is 1. The smallest absolute Gasteiger partial charge is 0.358 e. The van der Waals surface area contributed by atoms with Crippen LogP contribution in [0.5, 0.6) is 0 Å². The lowest BCUT2D eigenvalue weighted by Gasteiger charge is -2.47.